The molecular weight excluding hydrogens is 197 g/mol. The third-order valence-electron chi connectivity index (χ3n) is 1.64. The standard InChI is InChI=1S/C8H3Cl2NO/c9-4-1-2-5-7(8(4)10)6(12)3-11-5/h1-3H. The van der Waals surface area contributed by atoms with Crippen molar-refractivity contribution in [3.05, 3.63) is 27.7 Å². The fourth-order valence-corrected chi connectivity index (χ4v) is 1.49. The van der Waals surface area contributed by atoms with Crippen LogP contribution in [-0.4, -0.2) is 12.0 Å². The van der Waals surface area contributed by atoms with E-state index in [-0.39, 0.29) is 10.8 Å². The summed E-state index contributed by atoms with van der Waals surface area (Å²) in [5.41, 5.74) is 0.999. The number of halogens is 2. The predicted octanol–water partition coefficient (Wildman–Crippen LogP) is 2.89. The highest BCUT2D eigenvalue weighted by atomic mass is 35.5. The number of rotatable bonds is 0. The molecule has 0 atom stereocenters. The zero-order valence-corrected chi connectivity index (χ0v) is 7.36. The van der Waals surface area contributed by atoms with Crippen molar-refractivity contribution < 1.29 is 4.79 Å². The molecule has 0 saturated carbocycles. The van der Waals surface area contributed by atoms with Gasteiger partial charge in [-0.1, -0.05) is 23.2 Å². The number of hydrogen-bond acceptors (Lipinski definition) is 2. The van der Waals surface area contributed by atoms with Crippen molar-refractivity contribution in [2.24, 2.45) is 4.99 Å². The van der Waals surface area contributed by atoms with Gasteiger partial charge in [-0.3, -0.25) is 9.79 Å². The van der Waals surface area contributed by atoms with Crippen LogP contribution in [0.25, 0.3) is 0 Å². The second-order valence-corrected chi connectivity index (χ2v) is 3.16. The van der Waals surface area contributed by atoms with Crippen molar-refractivity contribution in [2.75, 3.05) is 0 Å². The highest BCUT2D eigenvalue weighted by Crippen LogP contribution is 2.35. The molecule has 0 radical (unpaired) electrons. The first-order chi connectivity index (χ1) is 5.70. The van der Waals surface area contributed by atoms with Crippen molar-refractivity contribution >= 4 is 40.9 Å². The summed E-state index contributed by atoms with van der Waals surface area (Å²) in [5.74, 6) is -0.183. The van der Waals surface area contributed by atoms with Crippen molar-refractivity contribution in [3.63, 3.8) is 0 Å². The van der Waals surface area contributed by atoms with Gasteiger partial charge >= 0.3 is 0 Å². The highest BCUT2D eigenvalue weighted by Gasteiger charge is 2.20. The molecule has 60 valence electrons. The Morgan fingerprint density at radius 3 is 2.75 bits per heavy atom. The molecule has 0 bridgehead atoms. The van der Waals surface area contributed by atoms with Gasteiger partial charge in [0.1, 0.15) is 0 Å². The predicted molar refractivity (Wildman–Crippen MR) is 48.9 cm³/mol. The Bertz CT molecular complexity index is 398. The third kappa shape index (κ3) is 0.958. The van der Waals surface area contributed by atoms with Gasteiger partial charge in [-0.15, -0.1) is 0 Å². The van der Waals surface area contributed by atoms with Crippen LogP contribution in [0.5, 0.6) is 0 Å². The zero-order chi connectivity index (χ0) is 8.72. The minimum absolute atomic E-state index is 0.183. The lowest BCUT2D eigenvalue weighted by atomic mass is 10.1. The van der Waals surface area contributed by atoms with Gasteiger partial charge in [0, 0.05) is 0 Å². The average Bonchev–Trinajstić information content (AvgIpc) is 2.41. The lowest BCUT2D eigenvalue weighted by molar-refractivity contribution is 0.107. The molecule has 0 unspecified atom stereocenters. The highest BCUT2D eigenvalue weighted by molar-refractivity contribution is 6.49. The fourth-order valence-electron chi connectivity index (χ4n) is 1.08. The molecule has 0 amide bonds. The molecule has 0 aromatic heterocycles. The van der Waals surface area contributed by atoms with E-state index in [1.54, 1.807) is 12.1 Å². The Morgan fingerprint density at radius 2 is 2.00 bits per heavy atom. The van der Waals surface area contributed by atoms with E-state index in [2.05, 4.69) is 4.99 Å². The average molecular weight is 200 g/mol. The van der Waals surface area contributed by atoms with Gasteiger partial charge in [0.05, 0.1) is 27.5 Å². The molecule has 1 aliphatic heterocycles. The summed E-state index contributed by atoms with van der Waals surface area (Å²) >= 11 is 11.5. The molecule has 2 nitrogen and oxygen atoms in total. The number of nitrogens with zero attached hydrogens (tertiary/aromatic N) is 1. The molecule has 2 rings (SSSR count). The van der Waals surface area contributed by atoms with E-state index in [1.807, 2.05) is 0 Å². The van der Waals surface area contributed by atoms with Crippen molar-refractivity contribution in [1.29, 1.82) is 0 Å². The number of benzene rings is 1. The van der Waals surface area contributed by atoms with Crippen LogP contribution in [0.1, 0.15) is 10.4 Å². The van der Waals surface area contributed by atoms with E-state index in [0.29, 0.717) is 16.3 Å². The maximum Gasteiger partial charge on any atom is 0.207 e. The van der Waals surface area contributed by atoms with Crippen LogP contribution < -0.4 is 0 Å². The van der Waals surface area contributed by atoms with E-state index in [0.717, 1.165) is 0 Å². The molecule has 4 heteroatoms. The van der Waals surface area contributed by atoms with E-state index in [4.69, 9.17) is 23.2 Å². The number of aliphatic imine (C=N–C) groups is 1. The quantitative estimate of drug-likeness (QED) is 0.632. The molecule has 0 N–H and O–H groups in total. The summed E-state index contributed by atoms with van der Waals surface area (Å²) in [6.45, 7) is 0. The summed E-state index contributed by atoms with van der Waals surface area (Å²) < 4.78 is 0. The van der Waals surface area contributed by atoms with Crippen LogP contribution in [0.4, 0.5) is 5.69 Å². The smallest absolute Gasteiger partial charge is 0.207 e. The number of hydrogen-bond donors (Lipinski definition) is 0. The molecule has 0 saturated heterocycles. The van der Waals surface area contributed by atoms with Crippen LogP contribution in [0.2, 0.25) is 10.0 Å². The van der Waals surface area contributed by atoms with Crippen LogP contribution in [0, 0.1) is 0 Å². The molecule has 1 aliphatic rings. The second kappa shape index (κ2) is 2.57. The fraction of sp³-hybridized carbons (Fsp3) is 0. The Morgan fingerprint density at radius 1 is 1.25 bits per heavy atom. The molecule has 1 aromatic rings. The van der Waals surface area contributed by atoms with E-state index in [1.165, 1.54) is 6.21 Å². The van der Waals surface area contributed by atoms with Gasteiger partial charge in [-0.25, -0.2) is 0 Å². The van der Waals surface area contributed by atoms with E-state index < -0.39 is 0 Å². The van der Waals surface area contributed by atoms with Gasteiger partial charge < -0.3 is 0 Å². The maximum atomic E-state index is 11.1. The van der Waals surface area contributed by atoms with Crippen LogP contribution in [-0.2, 0) is 0 Å². The summed E-state index contributed by atoms with van der Waals surface area (Å²) in [7, 11) is 0. The number of carbonyl (C=O) groups excluding carboxylic acids is 1. The number of carbonyl (C=O) groups is 1. The Kier molecular flexibility index (Phi) is 1.67. The number of Topliss-reactive ketones (excluding diaryl/α,β-unsaturated/α-hetero) is 1. The largest absolute Gasteiger partial charge is 0.287 e. The maximum absolute atomic E-state index is 11.1. The monoisotopic (exact) mass is 199 g/mol. The van der Waals surface area contributed by atoms with Gasteiger partial charge in [0.15, 0.2) is 0 Å². The topological polar surface area (TPSA) is 29.4 Å². The SMILES string of the molecule is O=C1C=Nc2ccc(Cl)c(Cl)c21. The molecule has 0 fully saturated rings. The van der Waals surface area contributed by atoms with Gasteiger partial charge in [0.25, 0.3) is 0 Å². The Balaban J connectivity index is 2.76. The summed E-state index contributed by atoms with van der Waals surface area (Å²) in [4.78, 5) is 15.0. The molecule has 1 aromatic carbocycles. The van der Waals surface area contributed by atoms with Gasteiger partial charge in [0.2, 0.25) is 5.78 Å². The summed E-state index contributed by atoms with van der Waals surface area (Å²) in [5, 5.41) is 0.672. The molecule has 0 spiro atoms. The van der Waals surface area contributed by atoms with E-state index >= 15 is 0 Å². The van der Waals surface area contributed by atoms with Gasteiger partial charge in [-0.2, -0.15) is 0 Å². The lowest BCUT2D eigenvalue weighted by Crippen LogP contribution is -1.95. The second-order valence-electron chi connectivity index (χ2n) is 2.38. The first kappa shape index (κ1) is 7.77. The summed E-state index contributed by atoms with van der Waals surface area (Å²) in [6.07, 6.45) is 1.24. The molecular formula is C8H3Cl2NO. The van der Waals surface area contributed by atoms with E-state index in [9.17, 15) is 4.79 Å². The first-order valence-corrected chi connectivity index (χ1v) is 4.02. The van der Waals surface area contributed by atoms with Crippen molar-refractivity contribution in [2.45, 2.75) is 0 Å². The summed E-state index contributed by atoms with van der Waals surface area (Å²) in [6, 6.07) is 3.30. The number of ketones is 1. The molecule has 0 aliphatic carbocycles. The molecule has 1 heterocycles. The van der Waals surface area contributed by atoms with Crippen molar-refractivity contribution in [1.82, 2.24) is 0 Å². The normalized spacial score (nSPS) is 13.7. The third-order valence-corrected chi connectivity index (χ3v) is 2.44. The minimum Gasteiger partial charge on any atom is -0.287 e. The number of fused-ring (bicyclic) bond motifs is 1. The van der Waals surface area contributed by atoms with Crippen LogP contribution in [0.3, 0.4) is 0 Å². The Labute approximate surface area is 78.8 Å². The minimum atomic E-state index is -0.183. The van der Waals surface area contributed by atoms with Crippen LogP contribution in [0.15, 0.2) is 17.1 Å². The van der Waals surface area contributed by atoms with Crippen molar-refractivity contribution in [3.8, 4) is 0 Å². The first-order valence-electron chi connectivity index (χ1n) is 3.26. The Hall–Kier alpha value is -0.860. The van der Waals surface area contributed by atoms with Crippen LogP contribution >= 0.6 is 23.2 Å². The molecule has 12 heavy (non-hydrogen) atoms. The lowest BCUT2D eigenvalue weighted by Gasteiger charge is -1.99. The van der Waals surface area contributed by atoms with Gasteiger partial charge in [-0.05, 0) is 12.1 Å². The zero-order valence-electron chi connectivity index (χ0n) is 5.84.